The van der Waals surface area contributed by atoms with Gasteiger partial charge in [-0.1, -0.05) is 18.7 Å². The average molecular weight is 321 g/mol. The first-order valence-corrected chi connectivity index (χ1v) is 8.69. The largest absolute Gasteiger partial charge is 0.356 e. The van der Waals surface area contributed by atoms with Crippen molar-refractivity contribution >= 4 is 29.3 Å². The van der Waals surface area contributed by atoms with Crippen molar-refractivity contribution in [2.75, 3.05) is 23.7 Å². The Morgan fingerprint density at radius 1 is 1.45 bits per heavy atom. The summed E-state index contributed by atoms with van der Waals surface area (Å²) < 4.78 is 0. The lowest BCUT2D eigenvalue weighted by Crippen LogP contribution is -2.37. The molecule has 0 saturated carbocycles. The molecule has 0 radical (unpaired) electrons. The Labute approximate surface area is 135 Å². The lowest BCUT2D eigenvalue weighted by Gasteiger charge is -2.30. The zero-order valence-electron chi connectivity index (χ0n) is 13.4. The minimum Gasteiger partial charge on any atom is -0.356 e. The molecule has 1 aromatic heterocycles. The third-order valence-corrected chi connectivity index (χ3v) is 4.49. The number of carbonyl (C=O) groups excluding carboxylic acids is 2. The van der Waals surface area contributed by atoms with Gasteiger partial charge in [0.2, 0.25) is 11.8 Å². The summed E-state index contributed by atoms with van der Waals surface area (Å²) in [6.45, 7) is 7.28. The Hall–Kier alpha value is -1.56. The van der Waals surface area contributed by atoms with Gasteiger partial charge in [-0.3, -0.25) is 9.59 Å². The molecule has 22 heavy (non-hydrogen) atoms. The number of nitrogens with one attached hydrogen (secondary N) is 1. The van der Waals surface area contributed by atoms with E-state index < -0.39 is 0 Å². The number of anilines is 1. The molecule has 0 bridgehead atoms. The van der Waals surface area contributed by atoms with Crippen molar-refractivity contribution in [1.29, 1.82) is 0 Å². The van der Waals surface area contributed by atoms with E-state index in [-0.39, 0.29) is 11.8 Å². The van der Waals surface area contributed by atoms with Crippen LogP contribution in [0.25, 0.3) is 0 Å². The van der Waals surface area contributed by atoms with Gasteiger partial charge in [-0.2, -0.15) is 0 Å². The lowest BCUT2D eigenvalue weighted by atomic mass is 10.1. The van der Waals surface area contributed by atoms with Gasteiger partial charge in [-0.05, 0) is 38.3 Å². The summed E-state index contributed by atoms with van der Waals surface area (Å²) in [4.78, 5) is 30.2. The van der Waals surface area contributed by atoms with Crippen molar-refractivity contribution in [3.8, 4) is 0 Å². The van der Waals surface area contributed by atoms with E-state index in [1.165, 1.54) is 11.8 Å². The molecular formula is C16H23N3O2S. The number of fused-ring (bicyclic) bond motifs is 1. The van der Waals surface area contributed by atoms with Gasteiger partial charge in [-0.15, -0.1) is 0 Å². The summed E-state index contributed by atoms with van der Waals surface area (Å²) in [5.41, 5.74) is 2.95. The van der Waals surface area contributed by atoms with Gasteiger partial charge in [0, 0.05) is 25.2 Å². The Morgan fingerprint density at radius 3 is 2.95 bits per heavy atom. The second-order valence-electron chi connectivity index (χ2n) is 5.52. The topological polar surface area (TPSA) is 62.3 Å². The van der Waals surface area contributed by atoms with Crippen molar-refractivity contribution in [2.45, 2.75) is 45.1 Å². The van der Waals surface area contributed by atoms with Crippen LogP contribution in [0.2, 0.25) is 0 Å². The Kier molecular flexibility index (Phi) is 5.83. The van der Waals surface area contributed by atoms with Crippen molar-refractivity contribution < 1.29 is 9.59 Å². The van der Waals surface area contributed by atoms with Gasteiger partial charge in [-0.25, -0.2) is 4.98 Å². The number of aromatic nitrogens is 1. The van der Waals surface area contributed by atoms with E-state index in [0.717, 1.165) is 28.4 Å². The molecule has 120 valence electrons. The van der Waals surface area contributed by atoms with Gasteiger partial charge in [0.15, 0.2) is 0 Å². The van der Waals surface area contributed by atoms with Crippen LogP contribution in [0.4, 0.5) is 5.69 Å². The molecule has 0 spiro atoms. The molecule has 2 heterocycles. The van der Waals surface area contributed by atoms with E-state index >= 15 is 0 Å². The summed E-state index contributed by atoms with van der Waals surface area (Å²) in [6.07, 6.45) is 2.05. The maximum absolute atomic E-state index is 12.2. The molecule has 1 aliphatic rings. The van der Waals surface area contributed by atoms with E-state index in [2.05, 4.69) is 10.3 Å². The van der Waals surface area contributed by atoms with Crippen LogP contribution in [-0.2, 0) is 9.59 Å². The maximum atomic E-state index is 12.2. The van der Waals surface area contributed by atoms with Gasteiger partial charge in [0.25, 0.3) is 0 Å². The summed E-state index contributed by atoms with van der Waals surface area (Å²) >= 11 is 1.50. The van der Waals surface area contributed by atoms with Crippen LogP contribution < -0.4 is 10.2 Å². The zero-order valence-corrected chi connectivity index (χ0v) is 14.3. The highest BCUT2D eigenvalue weighted by molar-refractivity contribution is 8.00. The zero-order chi connectivity index (χ0) is 16.1. The van der Waals surface area contributed by atoms with Crippen LogP contribution in [0.5, 0.6) is 0 Å². The number of amides is 2. The van der Waals surface area contributed by atoms with Crippen LogP contribution in [0.15, 0.2) is 11.1 Å². The molecule has 2 rings (SSSR count). The second-order valence-corrected chi connectivity index (χ2v) is 6.49. The number of thioether (sulfide) groups is 1. The number of aryl methyl sites for hydroxylation is 2. The predicted octanol–water partition coefficient (Wildman–Crippen LogP) is 2.44. The SMILES string of the molecule is CCCNC(=O)CCCN1C(=O)CSc2nc(C)cc(C)c21. The average Bonchev–Trinajstić information content (AvgIpc) is 2.47. The third kappa shape index (κ3) is 4.00. The first-order chi connectivity index (χ1) is 10.5. The number of carbonyl (C=O) groups is 2. The fourth-order valence-corrected chi connectivity index (χ4v) is 3.58. The van der Waals surface area contributed by atoms with Crippen LogP contribution in [0.3, 0.4) is 0 Å². The highest BCUT2D eigenvalue weighted by Gasteiger charge is 2.27. The Balaban J connectivity index is 2.03. The molecular weight excluding hydrogens is 298 g/mol. The van der Waals surface area contributed by atoms with Gasteiger partial charge in [0.1, 0.15) is 5.03 Å². The normalized spacial score (nSPS) is 14.0. The highest BCUT2D eigenvalue weighted by atomic mass is 32.2. The van der Waals surface area contributed by atoms with E-state index in [0.29, 0.717) is 31.7 Å². The predicted molar refractivity (Wildman–Crippen MR) is 89.3 cm³/mol. The van der Waals surface area contributed by atoms with Crippen LogP contribution in [0.1, 0.15) is 37.4 Å². The number of rotatable bonds is 6. The minimum atomic E-state index is 0.0552. The smallest absolute Gasteiger partial charge is 0.237 e. The van der Waals surface area contributed by atoms with Crippen LogP contribution >= 0.6 is 11.8 Å². The van der Waals surface area contributed by atoms with Gasteiger partial charge in [0.05, 0.1) is 11.4 Å². The van der Waals surface area contributed by atoms with E-state index in [4.69, 9.17) is 0 Å². The van der Waals surface area contributed by atoms with Crippen molar-refractivity contribution in [2.24, 2.45) is 0 Å². The van der Waals surface area contributed by atoms with E-state index in [9.17, 15) is 9.59 Å². The van der Waals surface area contributed by atoms with Crippen molar-refractivity contribution in [3.05, 3.63) is 17.3 Å². The fraction of sp³-hybridized carbons (Fsp3) is 0.562. The summed E-state index contributed by atoms with van der Waals surface area (Å²) in [5.74, 6) is 0.574. The van der Waals surface area contributed by atoms with Gasteiger partial charge >= 0.3 is 0 Å². The maximum Gasteiger partial charge on any atom is 0.237 e. The van der Waals surface area contributed by atoms with Crippen molar-refractivity contribution in [3.63, 3.8) is 0 Å². The molecule has 0 atom stereocenters. The minimum absolute atomic E-state index is 0.0552. The molecule has 5 nitrogen and oxygen atoms in total. The molecule has 0 unspecified atom stereocenters. The number of nitrogens with zero attached hydrogens (tertiary/aromatic N) is 2. The van der Waals surface area contributed by atoms with E-state index in [1.807, 2.05) is 26.8 Å². The van der Waals surface area contributed by atoms with Crippen LogP contribution in [-0.4, -0.2) is 35.6 Å². The van der Waals surface area contributed by atoms with E-state index in [1.54, 1.807) is 4.90 Å². The summed E-state index contributed by atoms with van der Waals surface area (Å²) in [5, 5.41) is 3.78. The summed E-state index contributed by atoms with van der Waals surface area (Å²) in [7, 11) is 0. The third-order valence-electron chi connectivity index (χ3n) is 3.54. The first kappa shape index (κ1) is 16.8. The standard InChI is InChI=1S/C16H23N3O2S/c1-4-7-17-13(20)6-5-8-19-14(21)10-22-16-15(19)11(2)9-12(3)18-16/h9H,4-8,10H2,1-3H3,(H,17,20). The molecule has 1 aliphatic heterocycles. The highest BCUT2D eigenvalue weighted by Crippen LogP contribution is 2.36. The van der Waals surface area contributed by atoms with Crippen molar-refractivity contribution in [1.82, 2.24) is 10.3 Å². The second kappa shape index (κ2) is 7.63. The molecule has 0 fully saturated rings. The fourth-order valence-electron chi connectivity index (χ4n) is 2.54. The quantitative estimate of drug-likeness (QED) is 0.874. The summed E-state index contributed by atoms with van der Waals surface area (Å²) in [6, 6.07) is 2.00. The molecule has 0 aromatic carbocycles. The molecule has 0 aliphatic carbocycles. The van der Waals surface area contributed by atoms with Crippen LogP contribution in [0, 0.1) is 13.8 Å². The lowest BCUT2D eigenvalue weighted by molar-refractivity contribution is -0.121. The number of hydrogen-bond acceptors (Lipinski definition) is 4. The molecule has 1 N–H and O–H groups in total. The molecule has 0 saturated heterocycles. The molecule has 1 aromatic rings. The first-order valence-electron chi connectivity index (χ1n) is 7.71. The number of pyridine rings is 1. The molecule has 6 heteroatoms. The van der Waals surface area contributed by atoms with Gasteiger partial charge < -0.3 is 10.2 Å². The Bertz CT molecular complexity index is 575. The Morgan fingerprint density at radius 2 is 2.23 bits per heavy atom. The number of hydrogen-bond donors (Lipinski definition) is 1. The molecule has 2 amide bonds. The monoisotopic (exact) mass is 321 g/mol.